The molecule has 1 unspecified atom stereocenters. The highest BCUT2D eigenvalue weighted by Gasteiger charge is 2.18. The summed E-state index contributed by atoms with van der Waals surface area (Å²) in [6, 6.07) is 5.78. The fraction of sp³-hybridized carbons (Fsp3) is 0.500. The number of benzene rings is 1. The zero-order valence-corrected chi connectivity index (χ0v) is 12.4. The standard InChI is InChI=1S/C14H19BrO3/c1-3-7-18-13-6-5-11(15)9-12(13)10(4-2)8-14(16)17/h5-6,9-10H,3-4,7-8H2,1-2H3,(H,16,17). The molecule has 0 aliphatic carbocycles. The molecule has 100 valence electrons. The SMILES string of the molecule is CCCOc1ccc(Br)cc1C(CC)CC(=O)O. The Balaban J connectivity index is 3.01. The van der Waals surface area contributed by atoms with Crippen molar-refractivity contribution in [3.05, 3.63) is 28.2 Å². The minimum absolute atomic E-state index is 0.00754. The molecule has 1 rings (SSSR count). The van der Waals surface area contributed by atoms with Crippen LogP contribution in [0.25, 0.3) is 0 Å². The minimum atomic E-state index is -0.775. The average Bonchev–Trinajstić information content (AvgIpc) is 2.34. The molecule has 0 heterocycles. The number of rotatable bonds is 7. The Morgan fingerprint density at radius 1 is 1.44 bits per heavy atom. The van der Waals surface area contributed by atoms with Gasteiger partial charge >= 0.3 is 5.97 Å². The third-order valence-electron chi connectivity index (χ3n) is 2.79. The van der Waals surface area contributed by atoms with Crippen molar-refractivity contribution in [2.75, 3.05) is 6.61 Å². The molecule has 0 amide bonds. The molecule has 0 fully saturated rings. The average molecular weight is 315 g/mol. The summed E-state index contributed by atoms with van der Waals surface area (Å²) in [4.78, 5) is 10.9. The van der Waals surface area contributed by atoms with Crippen LogP contribution in [-0.2, 0) is 4.79 Å². The molecule has 1 aromatic carbocycles. The molecule has 1 aromatic rings. The van der Waals surface area contributed by atoms with E-state index in [1.54, 1.807) is 0 Å². The van der Waals surface area contributed by atoms with E-state index in [1.165, 1.54) is 0 Å². The second-order valence-electron chi connectivity index (χ2n) is 4.23. The van der Waals surface area contributed by atoms with E-state index < -0.39 is 5.97 Å². The van der Waals surface area contributed by atoms with Gasteiger partial charge in [-0.2, -0.15) is 0 Å². The number of carboxylic acids is 1. The Morgan fingerprint density at radius 3 is 2.72 bits per heavy atom. The van der Waals surface area contributed by atoms with E-state index in [2.05, 4.69) is 15.9 Å². The molecule has 4 heteroatoms. The van der Waals surface area contributed by atoms with Crippen molar-refractivity contribution in [2.24, 2.45) is 0 Å². The van der Waals surface area contributed by atoms with Crippen LogP contribution in [0.2, 0.25) is 0 Å². The lowest BCUT2D eigenvalue weighted by Gasteiger charge is -2.18. The van der Waals surface area contributed by atoms with Crippen molar-refractivity contribution in [3.63, 3.8) is 0 Å². The van der Waals surface area contributed by atoms with E-state index in [1.807, 2.05) is 32.0 Å². The van der Waals surface area contributed by atoms with Gasteiger partial charge in [-0.05, 0) is 42.5 Å². The van der Waals surface area contributed by atoms with Crippen LogP contribution in [0.15, 0.2) is 22.7 Å². The van der Waals surface area contributed by atoms with Crippen molar-refractivity contribution < 1.29 is 14.6 Å². The lowest BCUT2D eigenvalue weighted by Crippen LogP contribution is -2.08. The van der Waals surface area contributed by atoms with Crippen LogP contribution in [0.4, 0.5) is 0 Å². The topological polar surface area (TPSA) is 46.5 Å². The normalized spacial score (nSPS) is 12.2. The molecule has 0 saturated heterocycles. The number of ether oxygens (including phenoxy) is 1. The molecule has 0 bridgehead atoms. The summed E-state index contributed by atoms with van der Waals surface area (Å²) in [6.45, 7) is 4.70. The molecule has 0 saturated carbocycles. The van der Waals surface area contributed by atoms with Crippen LogP contribution in [0.1, 0.15) is 44.6 Å². The van der Waals surface area contributed by atoms with E-state index in [0.29, 0.717) is 6.61 Å². The molecule has 0 radical (unpaired) electrons. The Hall–Kier alpha value is -1.03. The van der Waals surface area contributed by atoms with Crippen LogP contribution in [0.3, 0.4) is 0 Å². The van der Waals surface area contributed by atoms with Gasteiger partial charge in [0.1, 0.15) is 5.75 Å². The van der Waals surface area contributed by atoms with Gasteiger partial charge in [0.05, 0.1) is 13.0 Å². The molecule has 0 spiro atoms. The number of aliphatic carboxylic acids is 1. The van der Waals surface area contributed by atoms with Crippen LogP contribution >= 0.6 is 15.9 Å². The number of carbonyl (C=O) groups is 1. The molecule has 18 heavy (non-hydrogen) atoms. The zero-order chi connectivity index (χ0) is 13.5. The first-order valence-electron chi connectivity index (χ1n) is 6.22. The van der Waals surface area contributed by atoms with Gasteiger partial charge in [-0.1, -0.05) is 29.8 Å². The largest absolute Gasteiger partial charge is 0.493 e. The molecule has 0 aliphatic rings. The van der Waals surface area contributed by atoms with Crippen LogP contribution < -0.4 is 4.74 Å². The van der Waals surface area contributed by atoms with E-state index in [9.17, 15) is 4.79 Å². The van der Waals surface area contributed by atoms with Crippen molar-refractivity contribution in [1.29, 1.82) is 0 Å². The van der Waals surface area contributed by atoms with Gasteiger partial charge < -0.3 is 9.84 Å². The second kappa shape index (κ2) is 7.41. The van der Waals surface area contributed by atoms with Gasteiger partial charge in [0.2, 0.25) is 0 Å². The highest BCUT2D eigenvalue weighted by Crippen LogP contribution is 2.33. The molecule has 0 aliphatic heterocycles. The van der Waals surface area contributed by atoms with Gasteiger partial charge in [0.15, 0.2) is 0 Å². The van der Waals surface area contributed by atoms with Crippen LogP contribution in [0, 0.1) is 0 Å². The number of carboxylic acid groups (broad SMARTS) is 1. The highest BCUT2D eigenvalue weighted by molar-refractivity contribution is 9.10. The Kier molecular flexibility index (Phi) is 6.19. The van der Waals surface area contributed by atoms with Gasteiger partial charge in [0, 0.05) is 4.47 Å². The fourth-order valence-electron chi connectivity index (χ4n) is 1.87. The number of hydrogen-bond acceptors (Lipinski definition) is 2. The van der Waals surface area contributed by atoms with Crippen molar-refractivity contribution in [3.8, 4) is 5.75 Å². The quantitative estimate of drug-likeness (QED) is 0.820. The summed E-state index contributed by atoms with van der Waals surface area (Å²) >= 11 is 3.43. The molecule has 3 nitrogen and oxygen atoms in total. The third kappa shape index (κ3) is 4.33. The summed E-state index contributed by atoms with van der Waals surface area (Å²) in [5, 5.41) is 8.96. The molecule has 1 N–H and O–H groups in total. The maximum Gasteiger partial charge on any atom is 0.303 e. The maximum atomic E-state index is 10.9. The fourth-order valence-corrected chi connectivity index (χ4v) is 2.25. The Labute approximate surface area is 116 Å². The molecule has 0 aromatic heterocycles. The van der Waals surface area contributed by atoms with Gasteiger partial charge in [0.25, 0.3) is 0 Å². The second-order valence-corrected chi connectivity index (χ2v) is 5.15. The highest BCUT2D eigenvalue weighted by atomic mass is 79.9. The van der Waals surface area contributed by atoms with Crippen LogP contribution in [-0.4, -0.2) is 17.7 Å². The Bertz CT molecular complexity index is 404. The third-order valence-corrected chi connectivity index (χ3v) is 3.28. The van der Waals surface area contributed by atoms with Gasteiger partial charge in [-0.25, -0.2) is 0 Å². The molecular formula is C14H19BrO3. The lowest BCUT2D eigenvalue weighted by molar-refractivity contribution is -0.137. The first kappa shape index (κ1) is 15.0. The minimum Gasteiger partial charge on any atom is -0.493 e. The van der Waals surface area contributed by atoms with Crippen molar-refractivity contribution >= 4 is 21.9 Å². The summed E-state index contributed by atoms with van der Waals surface area (Å²) in [5.74, 6) is 0.0169. The number of halogens is 1. The van der Waals surface area contributed by atoms with E-state index in [-0.39, 0.29) is 12.3 Å². The van der Waals surface area contributed by atoms with E-state index >= 15 is 0 Å². The van der Waals surface area contributed by atoms with Crippen LogP contribution in [0.5, 0.6) is 5.75 Å². The summed E-state index contributed by atoms with van der Waals surface area (Å²) < 4.78 is 6.64. The van der Waals surface area contributed by atoms with Crippen molar-refractivity contribution in [1.82, 2.24) is 0 Å². The lowest BCUT2D eigenvalue weighted by atomic mass is 9.92. The van der Waals surface area contributed by atoms with Gasteiger partial charge in [-0.15, -0.1) is 0 Å². The monoisotopic (exact) mass is 314 g/mol. The van der Waals surface area contributed by atoms with Crippen molar-refractivity contribution in [2.45, 2.75) is 39.0 Å². The summed E-state index contributed by atoms with van der Waals surface area (Å²) in [7, 11) is 0. The first-order chi connectivity index (χ1) is 8.58. The molecular weight excluding hydrogens is 296 g/mol. The van der Waals surface area contributed by atoms with E-state index in [0.717, 1.165) is 28.6 Å². The number of hydrogen-bond donors (Lipinski definition) is 1. The predicted octanol–water partition coefficient (Wildman–Crippen LogP) is 4.21. The van der Waals surface area contributed by atoms with E-state index in [4.69, 9.17) is 9.84 Å². The zero-order valence-electron chi connectivity index (χ0n) is 10.8. The smallest absolute Gasteiger partial charge is 0.303 e. The Morgan fingerprint density at radius 2 is 2.17 bits per heavy atom. The first-order valence-corrected chi connectivity index (χ1v) is 7.01. The summed E-state index contributed by atoms with van der Waals surface area (Å²) in [6.07, 6.45) is 1.85. The predicted molar refractivity (Wildman–Crippen MR) is 75.2 cm³/mol. The van der Waals surface area contributed by atoms with Gasteiger partial charge in [-0.3, -0.25) is 4.79 Å². The maximum absolute atomic E-state index is 10.9. The summed E-state index contributed by atoms with van der Waals surface area (Å²) in [5.41, 5.74) is 0.975. The molecule has 1 atom stereocenters.